The molecule has 2 rings (SSSR count). The third-order valence-electron chi connectivity index (χ3n) is 2.95. The molecule has 18 heavy (non-hydrogen) atoms. The van der Waals surface area contributed by atoms with Crippen LogP contribution in [-0.2, 0) is 9.84 Å². The Bertz CT molecular complexity index is 579. The fourth-order valence-electron chi connectivity index (χ4n) is 2.01. The molecule has 0 aromatic heterocycles. The third kappa shape index (κ3) is 3.20. The number of nitrogens with zero attached hydrogens (tertiary/aromatic N) is 1. The van der Waals surface area contributed by atoms with Crippen LogP contribution in [0.5, 0.6) is 0 Å². The molecule has 1 aliphatic heterocycles. The van der Waals surface area contributed by atoms with Gasteiger partial charge >= 0.3 is 0 Å². The molecule has 1 aromatic rings. The number of nitrogens with one attached hydrogen (secondary N) is 1. The molecule has 1 aromatic carbocycles. The van der Waals surface area contributed by atoms with Crippen molar-refractivity contribution in [2.75, 3.05) is 16.8 Å². The van der Waals surface area contributed by atoms with E-state index in [-0.39, 0.29) is 23.1 Å². The lowest BCUT2D eigenvalue weighted by atomic mass is 10.1. The van der Waals surface area contributed by atoms with Crippen molar-refractivity contribution in [2.24, 2.45) is 0 Å². The molecule has 0 radical (unpaired) electrons. The largest absolute Gasteiger partial charge is 0.382 e. The van der Waals surface area contributed by atoms with Gasteiger partial charge in [0.2, 0.25) is 0 Å². The summed E-state index contributed by atoms with van der Waals surface area (Å²) in [4.78, 5) is 0. The van der Waals surface area contributed by atoms with Crippen molar-refractivity contribution in [1.82, 2.24) is 0 Å². The van der Waals surface area contributed by atoms with Crippen LogP contribution in [0.25, 0.3) is 0 Å². The SMILES string of the molecule is N#Cc1cc(F)cc(NC2CCS(=O)(=O)CC2)c1. The first-order valence-electron chi connectivity index (χ1n) is 5.66. The number of anilines is 1. The predicted octanol–water partition coefficient (Wildman–Crippen LogP) is 1.69. The minimum Gasteiger partial charge on any atom is -0.382 e. The molecule has 96 valence electrons. The Balaban J connectivity index is 2.07. The van der Waals surface area contributed by atoms with Crippen LogP contribution in [0.1, 0.15) is 18.4 Å². The van der Waals surface area contributed by atoms with Crippen LogP contribution >= 0.6 is 0 Å². The van der Waals surface area contributed by atoms with Gasteiger partial charge in [-0.25, -0.2) is 12.8 Å². The van der Waals surface area contributed by atoms with Gasteiger partial charge in [-0.15, -0.1) is 0 Å². The van der Waals surface area contributed by atoms with Gasteiger partial charge in [0.1, 0.15) is 15.7 Å². The van der Waals surface area contributed by atoms with Crippen LogP contribution in [0.15, 0.2) is 18.2 Å². The summed E-state index contributed by atoms with van der Waals surface area (Å²) in [6, 6.07) is 5.93. The highest BCUT2D eigenvalue weighted by atomic mass is 32.2. The minimum absolute atomic E-state index is 0.0156. The van der Waals surface area contributed by atoms with Crippen molar-refractivity contribution in [1.29, 1.82) is 5.26 Å². The fourth-order valence-corrected chi connectivity index (χ4v) is 3.50. The number of sulfone groups is 1. The second-order valence-electron chi connectivity index (χ2n) is 4.41. The van der Waals surface area contributed by atoms with Gasteiger partial charge in [-0.05, 0) is 31.0 Å². The van der Waals surface area contributed by atoms with Crippen LogP contribution < -0.4 is 5.32 Å². The van der Waals surface area contributed by atoms with Gasteiger partial charge in [-0.3, -0.25) is 0 Å². The first-order chi connectivity index (χ1) is 8.48. The molecular weight excluding hydrogens is 255 g/mol. The van der Waals surface area contributed by atoms with Crippen molar-refractivity contribution >= 4 is 15.5 Å². The standard InChI is InChI=1S/C12H13FN2O2S/c13-10-5-9(8-14)6-12(7-10)15-11-1-3-18(16,17)4-2-11/h5-7,11,15H,1-4H2. The zero-order chi connectivity index (χ0) is 13.2. The number of hydrogen-bond donors (Lipinski definition) is 1. The Morgan fingerprint density at radius 1 is 1.28 bits per heavy atom. The lowest BCUT2D eigenvalue weighted by Crippen LogP contribution is -2.32. The highest BCUT2D eigenvalue weighted by molar-refractivity contribution is 7.91. The Kier molecular flexibility index (Phi) is 3.53. The first kappa shape index (κ1) is 12.8. The summed E-state index contributed by atoms with van der Waals surface area (Å²) in [5.74, 6) is -0.157. The van der Waals surface area contributed by atoms with Crippen molar-refractivity contribution in [3.8, 4) is 6.07 Å². The van der Waals surface area contributed by atoms with E-state index in [1.807, 2.05) is 6.07 Å². The average molecular weight is 268 g/mol. The van der Waals surface area contributed by atoms with Gasteiger partial charge < -0.3 is 5.32 Å². The highest BCUT2D eigenvalue weighted by Crippen LogP contribution is 2.19. The second kappa shape index (κ2) is 4.94. The Labute approximate surface area is 105 Å². The zero-order valence-electron chi connectivity index (χ0n) is 9.69. The number of benzene rings is 1. The van der Waals surface area contributed by atoms with E-state index in [1.165, 1.54) is 6.07 Å². The van der Waals surface area contributed by atoms with Gasteiger partial charge in [0.05, 0.1) is 23.1 Å². The molecule has 0 atom stereocenters. The number of nitriles is 1. The molecule has 1 heterocycles. The third-order valence-corrected chi connectivity index (χ3v) is 4.67. The summed E-state index contributed by atoms with van der Waals surface area (Å²) in [6.07, 6.45) is 1.03. The van der Waals surface area contributed by atoms with E-state index in [0.717, 1.165) is 6.07 Å². The van der Waals surface area contributed by atoms with Gasteiger partial charge in [0.15, 0.2) is 0 Å². The summed E-state index contributed by atoms with van der Waals surface area (Å²) in [5, 5.41) is 11.8. The van der Waals surface area contributed by atoms with Crippen LogP contribution in [0, 0.1) is 17.1 Å². The normalized spacial score (nSPS) is 19.1. The molecule has 1 aliphatic rings. The van der Waals surface area contributed by atoms with Crippen molar-refractivity contribution in [3.63, 3.8) is 0 Å². The molecule has 1 N–H and O–H groups in total. The maximum atomic E-state index is 13.2. The molecule has 0 aliphatic carbocycles. The molecule has 0 saturated carbocycles. The number of rotatable bonds is 2. The summed E-state index contributed by atoms with van der Waals surface area (Å²) in [6.45, 7) is 0. The Hall–Kier alpha value is -1.61. The van der Waals surface area contributed by atoms with E-state index in [9.17, 15) is 12.8 Å². The predicted molar refractivity (Wildman–Crippen MR) is 66.4 cm³/mol. The van der Waals surface area contributed by atoms with Crippen molar-refractivity contribution < 1.29 is 12.8 Å². The lowest BCUT2D eigenvalue weighted by molar-refractivity contribution is 0.559. The smallest absolute Gasteiger partial charge is 0.150 e. The van der Waals surface area contributed by atoms with Gasteiger partial charge in [0, 0.05) is 11.7 Å². The molecule has 4 nitrogen and oxygen atoms in total. The summed E-state index contributed by atoms with van der Waals surface area (Å²) < 4.78 is 35.7. The molecule has 6 heteroatoms. The van der Waals surface area contributed by atoms with Gasteiger partial charge in [-0.1, -0.05) is 0 Å². The maximum absolute atomic E-state index is 13.2. The van der Waals surface area contributed by atoms with E-state index < -0.39 is 15.7 Å². The average Bonchev–Trinajstić information content (AvgIpc) is 2.31. The molecule has 0 spiro atoms. The molecule has 0 unspecified atom stereocenters. The van der Waals surface area contributed by atoms with Crippen LogP contribution in [0.4, 0.5) is 10.1 Å². The van der Waals surface area contributed by atoms with E-state index in [1.54, 1.807) is 6.07 Å². The summed E-state index contributed by atoms with van der Waals surface area (Å²) in [5.41, 5.74) is 0.775. The van der Waals surface area contributed by atoms with Crippen molar-refractivity contribution in [3.05, 3.63) is 29.6 Å². The van der Waals surface area contributed by atoms with Crippen LogP contribution in [-0.4, -0.2) is 26.0 Å². The van der Waals surface area contributed by atoms with E-state index in [0.29, 0.717) is 18.5 Å². The summed E-state index contributed by atoms with van der Waals surface area (Å²) in [7, 11) is -2.90. The lowest BCUT2D eigenvalue weighted by Gasteiger charge is -2.24. The maximum Gasteiger partial charge on any atom is 0.150 e. The van der Waals surface area contributed by atoms with Crippen LogP contribution in [0.2, 0.25) is 0 Å². The number of halogens is 1. The van der Waals surface area contributed by atoms with Gasteiger partial charge in [-0.2, -0.15) is 5.26 Å². The molecule has 1 fully saturated rings. The zero-order valence-corrected chi connectivity index (χ0v) is 10.5. The van der Waals surface area contributed by atoms with Crippen LogP contribution in [0.3, 0.4) is 0 Å². The molecular formula is C12H13FN2O2S. The quantitative estimate of drug-likeness (QED) is 0.886. The van der Waals surface area contributed by atoms with Gasteiger partial charge in [0.25, 0.3) is 0 Å². The second-order valence-corrected chi connectivity index (χ2v) is 6.71. The van der Waals surface area contributed by atoms with Crippen molar-refractivity contribution in [2.45, 2.75) is 18.9 Å². The topological polar surface area (TPSA) is 70.0 Å². The first-order valence-corrected chi connectivity index (χ1v) is 7.48. The Morgan fingerprint density at radius 2 is 1.94 bits per heavy atom. The molecule has 0 amide bonds. The van der Waals surface area contributed by atoms with E-state index in [4.69, 9.17) is 5.26 Å². The Morgan fingerprint density at radius 3 is 2.56 bits per heavy atom. The fraction of sp³-hybridized carbons (Fsp3) is 0.417. The molecule has 1 saturated heterocycles. The summed E-state index contributed by atoms with van der Waals surface area (Å²) >= 11 is 0. The monoisotopic (exact) mass is 268 g/mol. The highest BCUT2D eigenvalue weighted by Gasteiger charge is 2.23. The number of hydrogen-bond acceptors (Lipinski definition) is 4. The minimum atomic E-state index is -2.90. The van der Waals surface area contributed by atoms with E-state index in [2.05, 4.69) is 5.32 Å². The van der Waals surface area contributed by atoms with E-state index >= 15 is 0 Å². The molecule has 0 bridgehead atoms.